The number of sulfonamides is 1. The Morgan fingerprint density at radius 1 is 1.03 bits per heavy atom. The Labute approximate surface area is 210 Å². The van der Waals surface area contributed by atoms with E-state index in [2.05, 4.69) is 25.6 Å². The summed E-state index contributed by atoms with van der Waals surface area (Å²) in [5.41, 5.74) is 0.741. The van der Waals surface area contributed by atoms with Gasteiger partial charge in [0.1, 0.15) is 6.04 Å². The third kappa shape index (κ3) is 6.68. The van der Waals surface area contributed by atoms with Gasteiger partial charge in [-0.1, -0.05) is 28.1 Å². The van der Waals surface area contributed by atoms with Crippen molar-refractivity contribution in [3.05, 3.63) is 39.7 Å². The van der Waals surface area contributed by atoms with Crippen molar-refractivity contribution in [2.24, 2.45) is 0 Å². The maximum absolute atomic E-state index is 13.1. The summed E-state index contributed by atoms with van der Waals surface area (Å²) in [5.74, 6) is -0.357. The second kappa shape index (κ2) is 11.3. The van der Waals surface area contributed by atoms with Crippen molar-refractivity contribution in [3.8, 4) is 0 Å². The SMILES string of the molecule is O=C1[C@@H](NS(=O)(=O)C=Cc2ccc(Br)cc2)CCCN1CC(=O)N1CCC[C@H]1CN1CCCC1. The summed E-state index contributed by atoms with van der Waals surface area (Å²) in [6, 6.07) is 6.61. The first-order valence-electron chi connectivity index (χ1n) is 12.1. The number of carbonyl (C=O) groups excluding carboxylic acids is 2. The van der Waals surface area contributed by atoms with Crippen molar-refractivity contribution in [3.63, 3.8) is 0 Å². The van der Waals surface area contributed by atoms with Gasteiger partial charge in [-0.05, 0) is 75.4 Å². The molecule has 186 valence electrons. The highest BCUT2D eigenvalue weighted by Gasteiger charge is 2.36. The Kier molecular flexibility index (Phi) is 8.44. The highest BCUT2D eigenvalue weighted by molar-refractivity contribution is 9.10. The van der Waals surface area contributed by atoms with Crippen LogP contribution in [0.25, 0.3) is 6.08 Å². The zero-order chi connectivity index (χ0) is 24.1. The summed E-state index contributed by atoms with van der Waals surface area (Å²) >= 11 is 3.35. The first-order valence-corrected chi connectivity index (χ1v) is 14.4. The number of amides is 2. The van der Waals surface area contributed by atoms with E-state index in [9.17, 15) is 18.0 Å². The van der Waals surface area contributed by atoms with E-state index in [-0.39, 0.29) is 24.4 Å². The molecule has 0 aromatic heterocycles. The number of nitrogens with one attached hydrogen (secondary N) is 1. The number of likely N-dealkylation sites (tertiary alicyclic amines) is 3. The Morgan fingerprint density at radius 2 is 1.74 bits per heavy atom. The normalized spacial score (nSPS) is 24.4. The molecule has 0 bridgehead atoms. The third-order valence-corrected chi connectivity index (χ3v) is 8.47. The minimum Gasteiger partial charge on any atom is -0.337 e. The molecule has 3 aliphatic heterocycles. The minimum absolute atomic E-state index is 0.0162. The Bertz CT molecular complexity index is 1010. The van der Waals surface area contributed by atoms with Gasteiger partial charge in [-0.15, -0.1) is 0 Å². The third-order valence-electron chi connectivity index (χ3n) is 6.84. The van der Waals surface area contributed by atoms with Crippen LogP contribution in [0.15, 0.2) is 34.1 Å². The van der Waals surface area contributed by atoms with Crippen molar-refractivity contribution in [1.82, 2.24) is 19.4 Å². The number of hydrogen-bond donors (Lipinski definition) is 1. The zero-order valence-corrected chi connectivity index (χ0v) is 21.8. The average molecular weight is 554 g/mol. The molecule has 3 fully saturated rings. The molecule has 1 aromatic rings. The molecule has 2 atom stereocenters. The summed E-state index contributed by atoms with van der Waals surface area (Å²) < 4.78 is 28.6. The summed E-state index contributed by atoms with van der Waals surface area (Å²) in [6.07, 6.45) is 7.01. The average Bonchev–Trinajstić information content (AvgIpc) is 3.49. The van der Waals surface area contributed by atoms with Gasteiger partial charge in [0, 0.05) is 35.6 Å². The molecular weight excluding hydrogens is 520 g/mol. The van der Waals surface area contributed by atoms with E-state index in [0.717, 1.165) is 54.5 Å². The van der Waals surface area contributed by atoms with Crippen molar-refractivity contribution in [2.45, 2.75) is 50.6 Å². The van der Waals surface area contributed by atoms with Gasteiger partial charge in [0.05, 0.1) is 6.54 Å². The maximum atomic E-state index is 13.1. The molecule has 3 heterocycles. The van der Waals surface area contributed by atoms with E-state index >= 15 is 0 Å². The van der Waals surface area contributed by atoms with Crippen molar-refractivity contribution in [2.75, 3.05) is 39.3 Å². The van der Waals surface area contributed by atoms with Crippen LogP contribution in [0.2, 0.25) is 0 Å². The van der Waals surface area contributed by atoms with Crippen LogP contribution < -0.4 is 4.72 Å². The lowest BCUT2D eigenvalue weighted by Crippen LogP contribution is -2.55. The van der Waals surface area contributed by atoms with Crippen LogP contribution in [-0.2, 0) is 19.6 Å². The summed E-state index contributed by atoms with van der Waals surface area (Å²) in [5, 5.41) is 1.08. The molecule has 3 saturated heterocycles. The first-order chi connectivity index (χ1) is 16.3. The number of nitrogens with zero attached hydrogens (tertiary/aromatic N) is 3. The lowest BCUT2D eigenvalue weighted by molar-refractivity contribution is -0.143. The molecule has 4 rings (SSSR count). The fraction of sp³-hybridized carbons (Fsp3) is 0.583. The van der Waals surface area contributed by atoms with E-state index < -0.39 is 16.1 Å². The van der Waals surface area contributed by atoms with Crippen LogP contribution in [0.3, 0.4) is 0 Å². The molecule has 34 heavy (non-hydrogen) atoms. The molecule has 1 aromatic carbocycles. The van der Waals surface area contributed by atoms with Crippen LogP contribution in [-0.4, -0.2) is 86.3 Å². The molecule has 0 spiro atoms. The van der Waals surface area contributed by atoms with E-state index in [1.165, 1.54) is 23.8 Å². The lowest BCUT2D eigenvalue weighted by atomic mass is 10.1. The predicted octanol–water partition coefficient (Wildman–Crippen LogP) is 2.42. The number of rotatable bonds is 8. The highest BCUT2D eigenvalue weighted by Crippen LogP contribution is 2.22. The lowest BCUT2D eigenvalue weighted by Gasteiger charge is -2.34. The molecule has 0 aliphatic carbocycles. The Balaban J connectivity index is 1.33. The summed E-state index contributed by atoms with van der Waals surface area (Å²) in [4.78, 5) is 32.0. The largest absolute Gasteiger partial charge is 0.337 e. The first kappa shape index (κ1) is 25.3. The van der Waals surface area contributed by atoms with Crippen LogP contribution in [0.4, 0.5) is 0 Å². The summed E-state index contributed by atoms with van der Waals surface area (Å²) in [7, 11) is -3.80. The topological polar surface area (TPSA) is 90.0 Å². The van der Waals surface area contributed by atoms with Gasteiger partial charge in [0.25, 0.3) is 0 Å². The smallest absolute Gasteiger partial charge is 0.242 e. The number of benzene rings is 1. The molecule has 1 N–H and O–H groups in total. The van der Waals surface area contributed by atoms with Crippen molar-refractivity contribution < 1.29 is 18.0 Å². The number of halogens is 1. The number of piperidine rings is 1. The molecule has 0 saturated carbocycles. The van der Waals surface area contributed by atoms with Crippen LogP contribution in [0.5, 0.6) is 0 Å². The fourth-order valence-electron chi connectivity index (χ4n) is 5.06. The predicted molar refractivity (Wildman–Crippen MR) is 135 cm³/mol. The Morgan fingerprint density at radius 3 is 2.47 bits per heavy atom. The van der Waals surface area contributed by atoms with Gasteiger partial charge in [0.2, 0.25) is 21.8 Å². The second-order valence-corrected chi connectivity index (χ2v) is 11.9. The molecule has 10 heteroatoms. The minimum atomic E-state index is -3.80. The molecule has 0 unspecified atom stereocenters. The van der Waals surface area contributed by atoms with Gasteiger partial charge < -0.3 is 14.7 Å². The maximum Gasteiger partial charge on any atom is 0.242 e. The van der Waals surface area contributed by atoms with Gasteiger partial charge >= 0.3 is 0 Å². The van der Waals surface area contributed by atoms with E-state index in [1.54, 1.807) is 12.1 Å². The molecule has 0 radical (unpaired) electrons. The van der Waals surface area contributed by atoms with Gasteiger partial charge in [0.15, 0.2) is 0 Å². The number of hydrogen-bond acceptors (Lipinski definition) is 5. The standard InChI is InChI=1S/C24H33BrN4O4S/c25-20-9-7-19(8-10-20)11-16-34(32,33)26-22-6-4-14-28(24(22)31)18-23(30)29-15-3-5-21(29)17-27-12-1-2-13-27/h7-11,16,21-22,26H,1-6,12-15,17-18H2/t21-,22-/m0/s1. The van der Waals surface area contributed by atoms with Gasteiger partial charge in [-0.25, -0.2) is 8.42 Å². The Hall–Kier alpha value is -1.75. The second-order valence-electron chi connectivity index (χ2n) is 9.36. The summed E-state index contributed by atoms with van der Waals surface area (Å²) in [6.45, 7) is 4.33. The van der Waals surface area contributed by atoms with E-state index in [4.69, 9.17) is 0 Å². The van der Waals surface area contributed by atoms with Crippen molar-refractivity contribution in [1.29, 1.82) is 0 Å². The monoisotopic (exact) mass is 552 g/mol. The quantitative estimate of drug-likeness (QED) is 0.534. The number of carbonyl (C=O) groups is 2. The fourth-order valence-corrected chi connectivity index (χ4v) is 6.35. The molecular formula is C24H33BrN4O4S. The molecule has 3 aliphatic rings. The molecule has 8 nitrogen and oxygen atoms in total. The highest BCUT2D eigenvalue weighted by atomic mass is 79.9. The van der Waals surface area contributed by atoms with Gasteiger partial charge in [-0.3, -0.25) is 9.59 Å². The van der Waals surface area contributed by atoms with E-state index in [1.807, 2.05) is 17.0 Å². The van der Waals surface area contributed by atoms with Gasteiger partial charge in [-0.2, -0.15) is 4.72 Å². The zero-order valence-electron chi connectivity index (χ0n) is 19.4. The van der Waals surface area contributed by atoms with Crippen LogP contribution in [0.1, 0.15) is 44.1 Å². The van der Waals surface area contributed by atoms with Crippen LogP contribution in [0, 0.1) is 0 Å². The van der Waals surface area contributed by atoms with Crippen LogP contribution >= 0.6 is 15.9 Å². The van der Waals surface area contributed by atoms with Crippen molar-refractivity contribution >= 4 is 43.8 Å². The van der Waals surface area contributed by atoms with E-state index in [0.29, 0.717) is 19.4 Å². The molecule has 2 amide bonds.